The predicted octanol–water partition coefficient (Wildman–Crippen LogP) is 10.9. The van der Waals surface area contributed by atoms with Crippen LogP contribution >= 0.6 is 8.60 Å². The van der Waals surface area contributed by atoms with Crippen LogP contribution in [0.15, 0.2) is 36.4 Å². The highest BCUT2D eigenvalue weighted by Crippen LogP contribution is 2.47. The second-order valence-corrected chi connectivity index (χ2v) is 16.3. The Kier molecular flexibility index (Phi) is 9.37. The molecule has 0 unspecified atom stereocenters. The fourth-order valence-electron chi connectivity index (χ4n) is 4.56. The summed E-state index contributed by atoms with van der Waals surface area (Å²) in [6, 6.07) is 13.3. The van der Waals surface area contributed by atoms with Crippen molar-refractivity contribution < 1.29 is 13.6 Å². The van der Waals surface area contributed by atoms with E-state index in [1.165, 1.54) is 41.5 Å². The molecule has 1 saturated carbocycles. The third kappa shape index (κ3) is 8.72. The van der Waals surface area contributed by atoms with Gasteiger partial charge in [0.25, 0.3) is 0 Å². The van der Waals surface area contributed by atoms with Crippen molar-refractivity contribution in [1.82, 2.24) is 0 Å². The topological polar surface area (TPSA) is 27.7 Å². The summed E-state index contributed by atoms with van der Waals surface area (Å²) < 4.78 is 19.9. The maximum atomic E-state index is 6.66. The summed E-state index contributed by atoms with van der Waals surface area (Å²) in [6.45, 7) is 27.0. The zero-order valence-corrected chi connectivity index (χ0v) is 27.1. The molecule has 0 saturated heterocycles. The van der Waals surface area contributed by atoms with Gasteiger partial charge in [-0.05, 0) is 81.0 Å². The van der Waals surface area contributed by atoms with Gasteiger partial charge < -0.3 is 9.05 Å². The SMILES string of the molecule is CC(C)(C)c1cc(OP(Oc2cc(C(C)(C)C)cc(C(C)(C)C)c2)OC2CCCCC2)cc(C(C)(C)C)c1. The van der Waals surface area contributed by atoms with Crippen LogP contribution in [0.5, 0.6) is 11.5 Å². The van der Waals surface area contributed by atoms with Crippen molar-refractivity contribution in [2.24, 2.45) is 0 Å². The average Bonchev–Trinajstić information content (AvgIpc) is 2.77. The van der Waals surface area contributed by atoms with Crippen LogP contribution in [0.4, 0.5) is 0 Å². The van der Waals surface area contributed by atoms with E-state index in [9.17, 15) is 0 Å². The van der Waals surface area contributed by atoms with E-state index in [-0.39, 0.29) is 27.8 Å². The summed E-state index contributed by atoms with van der Waals surface area (Å²) in [5, 5.41) is 0. The van der Waals surface area contributed by atoms with E-state index in [2.05, 4.69) is 119 Å². The summed E-state index contributed by atoms with van der Waals surface area (Å²) in [4.78, 5) is 0. The number of hydrogen-bond donors (Lipinski definition) is 0. The Hall–Kier alpha value is -1.57. The monoisotopic (exact) mass is 540 g/mol. The number of benzene rings is 2. The first-order valence-corrected chi connectivity index (χ1v) is 15.6. The van der Waals surface area contributed by atoms with Crippen LogP contribution in [0.2, 0.25) is 0 Å². The lowest BCUT2D eigenvalue weighted by atomic mass is 9.80. The minimum Gasteiger partial charge on any atom is -0.418 e. The smallest absolute Gasteiger partial charge is 0.418 e. The van der Waals surface area contributed by atoms with Crippen LogP contribution in [-0.2, 0) is 26.2 Å². The summed E-state index contributed by atoms with van der Waals surface area (Å²) in [7, 11) is -1.63. The van der Waals surface area contributed by atoms with Crippen molar-refractivity contribution in [3.05, 3.63) is 58.7 Å². The molecular formula is C34H53O3P. The van der Waals surface area contributed by atoms with Crippen molar-refractivity contribution in [1.29, 1.82) is 0 Å². The minimum atomic E-state index is -1.63. The fourth-order valence-corrected chi connectivity index (χ4v) is 5.69. The normalized spacial score (nSPS) is 16.1. The molecule has 3 rings (SSSR count). The molecule has 4 heteroatoms. The largest absolute Gasteiger partial charge is 0.463 e. The maximum absolute atomic E-state index is 6.66. The van der Waals surface area contributed by atoms with Gasteiger partial charge in [-0.15, -0.1) is 0 Å². The summed E-state index contributed by atoms with van der Waals surface area (Å²) in [5.41, 5.74) is 5.08. The Bertz CT molecular complexity index is 929. The zero-order valence-electron chi connectivity index (χ0n) is 26.2. The highest BCUT2D eigenvalue weighted by atomic mass is 31.2. The van der Waals surface area contributed by atoms with E-state index in [1.54, 1.807) is 0 Å². The van der Waals surface area contributed by atoms with Crippen LogP contribution in [0.1, 0.15) is 137 Å². The second kappa shape index (κ2) is 11.5. The molecule has 1 aliphatic carbocycles. The second-order valence-electron chi connectivity index (χ2n) is 15.3. The number of hydrogen-bond acceptors (Lipinski definition) is 3. The molecule has 38 heavy (non-hydrogen) atoms. The van der Waals surface area contributed by atoms with Gasteiger partial charge in [-0.1, -0.05) is 114 Å². The molecule has 2 aromatic rings. The summed E-state index contributed by atoms with van der Waals surface area (Å²) in [5.74, 6) is 1.65. The molecule has 3 nitrogen and oxygen atoms in total. The van der Waals surface area contributed by atoms with E-state index in [4.69, 9.17) is 13.6 Å². The molecule has 212 valence electrons. The highest BCUT2D eigenvalue weighted by Gasteiger charge is 2.29. The number of rotatable bonds is 6. The zero-order chi connectivity index (χ0) is 28.5. The Labute approximate surface area is 235 Å². The van der Waals surface area contributed by atoms with Crippen LogP contribution < -0.4 is 9.05 Å². The first kappa shape index (κ1) is 31.0. The molecule has 0 atom stereocenters. The van der Waals surface area contributed by atoms with Crippen LogP contribution in [0.3, 0.4) is 0 Å². The molecule has 0 radical (unpaired) electrons. The quantitative estimate of drug-likeness (QED) is 0.341. The van der Waals surface area contributed by atoms with Gasteiger partial charge in [0.05, 0.1) is 6.10 Å². The van der Waals surface area contributed by atoms with Gasteiger partial charge in [0.1, 0.15) is 11.5 Å². The molecule has 2 aromatic carbocycles. The Balaban J connectivity index is 2.02. The maximum Gasteiger partial charge on any atom is 0.463 e. The van der Waals surface area contributed by atoms with Gasteiger partial charge in [0, 0.05) is 0 Å². The molecule has 1 aliphatic rings. The predicted molar refractivity (Wildman–Crippen MR) is 164 cm³/mol. The van der Waals surface area contributed by atoms with Crippen molar-refractivity contribution >= 4 is 8.60 Å². The summed E-state index contributed by atoms with van der Waals surface area (Å²) in [6.07, 6.45) is 6.00. The third-order valence-electron chi connectivity index (χ3n) is 7.42. The van der Waals surface area contributed by atoms with Gasteiger partial charge in [0.2, 0.25) is 0 Å². The lowest BCUT2D eigenvalue weighted by Crippen LogP contribution is -2.19. The van der Waals surface area contributed by atoms with E-state index in [0.717, 1.165) is 24.3 Å². The lowest BCUT2D eigenvalue weighted by Gasteiger charge is -2.29. The Morgan fingerprint density at radius 2 is 0.816 bits per heavy atom. The van der Waals surface area contributed by atoms with Gasteiger partial charge in [0.15, 0.2) is 0 Å². The van der Waals surface area contributed by atoms with E-state index >= 15 is 0 Å². The van der Waals surface area contributed by atoms with Gasteiger partial charge >= 0.3 is 8.60 Å². The van der Waals surface area contributed by atoms with Crippen molar-refractivity contribution in [3.63, 3.8) is 0 Å². The molecule has 0 aromatic heterocycles. The minimum absolute atomic E-state index is 0.00978. The molecule has 0 N–H and O–H groups in total. The van der Waals surface area contributed by atoms with Gasteiger partial charge in [-0.3, -0.25) is 4.52 Å². The van der Waals surface area contributed by atoms with E-state index in [0.29, 0.717) is 0 Å². The molecule has 1 fully saturated rings. The van der Waals surface area contributed by atoms with Crippen molar-refractivity contribution in [2.45, 2.75) is 143 Å². The van der Waals surface area contributed by atoms with Crippen molar-refractivity contribution in [3.8, 4) is 11.5 Å². The van der Waals surface area contributed by atoms with Crippen LogP contribution in [0, 0.1) is 0 Å². The van der Waals surface area contributed by atoms with E-state index in [1.807, 2.05) is 0 Å². The van der Waals surface area contributed by atoms with Gasteiger partial charge in [-0.2, -0.15) is 0 Å². The molecular weight excluding hydrogens is 487 g/mol. The first-order chi connectivity index (χ1) is 17.3. The first-order valence-electron chi connectivity index (χ1n) is 14.5. The Morgan fingerprint density at radius 1 is 0.500 bits per heavy atom. The standard InChI is InChI=1S/C34H53O3P/c1-31(2,3)24-18-25(32(4,5)6)21-29(20-24)36-38(35-28-16-14-13-15-17-28)37-30-22-26(33(7,8)9)19-27(23-30)34(10,11)12/h18-23,28H,13-17H2,1-12H3. The summed E-state index contributed by atoms with van der Waals surface area (Å²) >= 11 is 0. The van der Waals surface area contributed by atoms with Gasteiger partial charge in [-0.25, -0.2) is 0 Å². The van der Waals surface area contributed by atoms with Crippen LogP contribution in [0.25, 0.3) is 0 Å². The Morgan fingerprint density at radius 3 is 1.11 bits per heavy atom. The molecule has 0 heterocycles. The fraction of sp³-hybridized carbons (Fsp3) is 0.647. The highest BCUT2D eigenvalue weighted by molar-refractivity contribution is 7.42. The van der Waals surface area contributed by atoms with Crippen molar-refractivity contribution in [2.75, 3.05) is 0 Å². The molecule has 0 amide bonds. The third-order valence-corrected chi connectivity index (χ3v) is 8.61. The van der Waals surface area contributed by atoms with E-state index < -0.39 is 8.60 Å². The molecule has 0 bridgehead atoms. The average molecular weight is 541 g/mol. The van der Waals surface area contributed by atoms with Crippen LogP contribution in [-0.4, -0.2) is 6.10 Å². The molecule has 0 spiro atoms. The molecule has 0 aliphatic heterocycles. The lowest BCUT2D eigenvalue weighted by molar-refractivity contribution is 0.138.